The second-order valence-electron chi connectivity index (χ2n) is 5.60. The highest BCUT2D eigenvalue weighted by Crippen LogP contribution is 2.35. The number of amides is 1. The number of methoxy groups -OCH3 is 2. The van der Waals surface area contributed by atoms with Crippen LogP contribution in [0.4, 0.5) is 10.1 Å². The van der Waals surface area contributed by atoms with Gasteiger partial charge in [-0.05, 0) is 48.2 Å². The maximum atomic E-state index is 13.5. The van der Waals surface area contributed by atoms with Crippen molar-refractivity contribution in [2.45, 2.75) is 6.92 Å². The second kappa shape index (κ2) is 6.72. The summed E-state index contributed by atoms with van der Waals surface area (Å²) in [5, 5.41) is 0.772. The number of fused-ring (bicyclic) bond motifs is 1. The van der Waals surface area contributed by atoms with E-state index < -0.39 is 0 Å². The summed E-state index contributed by atoms with van der Waals surface area (Å²) >= 11 is 1.37. The predicted octanol–water partition coefficient (Wildman–Crippen LogP) is 4.64. The molecular formula is C19H18FNO3S. The molecule has 0 fully saturated rings. The van der Waals surface area contributed by atoms with Gasteiger partial charge in [-0.2, -0.15) is 0 Å². The topological polar surface area (TPSA) is 38.8 Å². The van der Waals surface area contributed by atoms with Crippen molar-refractivity contribution in [3.05, 3.63) is 52.7 Å². The summed E-state index contributed by atoms with van der Waals surface area (Å²) in [6, 6.07) is 9.88. The summed E-state index contributed by atoms with van der Waals surface area (Å²) < 4.78 is 24.9. The molecular weight excluding hydrogens is 341 g/mol. The van der Waals surface area contributed by atoms with Crippen molar-refractivity contribution < 1.29 is 18.7 Å². The average molecular weight is 359 g/mol. The van der Waals surface area contributed by atoms with Gasteiger partial charge in [-0.25, -0.2) is 4.39 Å². The molecule has 0 aliphatic rings. The number of carbonyl (C=O) groups is 1. The number of hydrogen-bond acceptors (Lipinski definition) is 4. The Balaban J connectivity index is 1.99. The molecule has 0 aliphatic carbocycles. The van der Waals surface area contributed by atoms with Gasteiger partial charge >= 0.3 is 0 Å². The Morgan fingerprint density at radius 1 is 1.08 bits per heavy atom. The number of benzene rings is 2. The van der Waals surface area contributed by atoms with Crippen molar-refractivity contribution >= 4 is 33.0 Å². The van der Waals surface area contributed by atoms with E-state index in [1.165, 1.54) is 23.5 Å². The lowest BCUT2D eigenvalue weighted by Crippen LogP contribution is -2.26. The molecule has 0 radical (unpaired) electrons. The van der Waals surface area contributed by atoms with E-state index >= 15 is 0 Å². The summed E-state index contributed by atoms with van der Waals surface area (Å²) in [5.74, 6) is 0.697. The van der Waals surface area contributed by atoms with Crippen LogP contribution in [-0.2, 0) is 0 Å². The van der Waals surface area contributed by atoms with Gasteiger partial charge in [0.15, 0.2) is 11.5 Å². The van der Waals surface area contributed by atoms with E-state index in [4.69, 9.17) is 9.47 Å². The van der Waals surface area contributed by atoms with Crippen LogP contribution in [0.2, 0.25) is 0 Å². The molecule has 3 aromatic rings. The molecule has 130 valence electrons. The van der Waals surface area contributed by atoms with Crippen LogP contribution in [0.1, 0.15) is 15.2 Å². The van der Waals surface area contributed by atoms with E-state index in [1.807, 2.05) is 6.92 Å². The minimum atomic E-state index is -0.305. The summed E-state index contributed by atoms with van der Waals surface area (Å²) in [4.78, 5) is 15.1. The number of rotatable bonds is 4. The van der Waals surface area contributed by atoms with E-state index in [2.05, 4.69) is 0 Å². The van der Waals surface area contributed by atoms with Gasteiger partial charge in [0.1, 0.15) is 5.82 Å². The number of ether oxygens (including phenoxy) is 2. The molecule has 0 unspecified atom stereocenters. The van der Waals surface area contributed by atoms with Crippen LogP contribution in [-0.4, -0.2) is 27.2 Å². The third-order valence-corrected chi connectivity index (χ3v) is 5.41. The smallest absolute Gasteiger partial charge is 0.268 e. The third kappa shape index (κ3) is 3.05. The van der Waals surface area contributed by atoms with Crippen LogP contribution in [0.25, 0.3) is 10.1 Å². The third-order valence-electron chi connectivity index (χ3n) is 4.15. The van der Waals surface area contributed by atoms with Gasteiger partial charge in [-0.3, -0.25) is 4.79 Å². The van der Waals surface area contributed by atoms with Crippen molar-refractivity contribution in [1.82, 2.24) is 0 Å². The van der Waals surface area contributed by atoms with Crippen molar-refractivity contribution in [3.63, 3.8) is 0 Å². The van der Waals surface area contributed by atoms with Crippen LogP contribution in [0.3, 0.4) is 0 Å². The first-order valence-corrected chi connectivity index (χ1v) is 8.46. The van der Waals surface area contributed by atoms with E-state index in [1.54, 1.807) is 50.4 Å². The molecule has 1 heterocycles. The highest BCUT2D eigenvalue weighted by atomic mass is 32.1. The van der Waals surface area contributed by atoms with Crippen molar-refractivity contribution in [2.24, 2.45) is 0 Å². The summed E-state index contributed by atoms with van der Waals surface area (Å²) in [7, 11) is 4.81. The number of hydrogen-bond donors (Lipinski definition) is 0. The minimum absolute atomic E-state index is 0.147. The molecule has 0 saturated carbocycles. The standard InChI is InChI=1S/C19H18FNO3S/c1-11-14-9-12(20)5-8-17(14)25-18(11)19(22)21(2)13-6-7-15(23-3)16(10-13)24-4/h5-10H,1-4H3. The maximum absolute atomic E-state index is 13.5. The average Bonchev–Trinajstić information content (AvgIpc) is 2.96. The molecule has 1 aromatic heterocycles. The Bertz CT molecular complexity index is 951. The van der Waals surface area contributed by atoms with Crippen LogP contribution >= 0.6 is 11.3 Å². The molecule has 2 aromatic carbocycles. The number of anilines is 1. The molecule has 0 spiro atoms. The van der Waals surface area contributed by atoms with Gasteiger partial charge in [0.2, 0.25) is 0 Å². The highest BCUT2D eigenvalue weighted by molar-refractivity contribution is 7.21. The van der Waals surface area contributed by atoms with Gasteiger partial charge in [-0.1, -0.05) is 0 Å². The zero-order valence-corrected chi connectivity index (χ0v) is 15.2. The molecule has 0 aliphatic heterocycles. The van der Waals surface area contributed by atoms with Crippen LogP contribution in [0.15, 0.2) is 36.4 Å². The first-order chi connectivity index (χ1) is 12.0. The van der Waals surface area contributed by atoms with E-state index in [9.17, 15) is 9.18 Å². The molecule has 1 amide bonds. The Labute approximate surface area is 149 Å². The van der Waals surface area contributed by atoms with E-state index in [0.29, 0.717) is 22.1 Å². The molecule has 6 heteroatoms. The molecule has 4 nitrogen and oxygen atoms in total. The number of thiophene rings is 1. The largest absolute Gasteiger partial charge is 0.493 e. The van der Waals surface area contributed by atoms with Crippen molar-refractivity contribution in [2.75, 3.05) is 26.2 Å². The van der Waals surface area contributed by atoms with E-state index in [0.717, 1.165) is 15.6 Å². The fourth-order valence-corrected chi connectivity index (χ4v) is 3.87. The van der Waals surface area contributed by atoms with Crippen molar-refractivity contribution in [1.29, 1.82) is 0 Å². The zero-order chi connectivity index (χ0) is 18.1. The Morgan fingerprint density at radius 3 is 2.48 bits per heavy atom. The first kappa shape index (κ1) is 17.2. The summed E-state index contributed by atoms with van der Waals surface area (Å²) in [6.45, 7) is 1.84. The van der Waals surface area contributed by atoms with Gasteiger partial charge in [0.25, 0.3) is 5.91 Å². The van der Waals surface area contributed by atoms with Gasteiger partial charge < -0.3 is 14.4 Å². The van der Waals surface area contributed by atoms with Crippen LogP contribution < -0.4 is 14.4 Å². The Hall–Kier alpha value is -2.60. The molecule has 0 N–H and O–H groups in total. The number of nitrogens with zero attached hydrogens (tertiary/aromatic N) is 1. The molecule has 0 saturated heterocycles. The normalized spacial score (nSPS) is 10.8. The monoisotopic (exact) mass is 359 g/mol. The number of aryl methyl sites for hydroxylation is 1. The second-order valence-corrected chi connectivity index (χ2v) is 6.65. The van der Waals surface area contributed by atoms with Gasteiger partial charge in [0.05, 0.1) is 19.1 Å². The summed E-state index contributed by atoms with van der Waals surface area (Å²) in [6.07, 6.45) is 0. The minimum Gasteiger partial charge on any atom is -0.493 e. The van der Waals surface area contributed by atoms with Crippen LogP contribution in [0.5, 0.6) is 11.5 Å². The zero-order valence-electron chi connectivity index (χ0n) is 14.4. The lowest BCUT2D eigenvalue weighted by atomic mass is 10.1. The maximum Gasteiger partial charge on any atom is 0.268 e. The SMILES string of the molecule is COc1ccc(N(C)C(=O)c2sc3ccc(F)cc3c2C)cc1OC. The predicted molar refractivity (Wildman–Crippen MR) is 98.8 cm³/mol. The van der Waals surface area contributed by atoms with Gasteiger partial charge in [0, 0.05) is 23.5 Å². The molecule has 0 bridgehead atoms. The molecule has 25 heavy (non-hydrogen) atoms. The fraction of sp³-hybridized carbons (Fsp3) is 0.211. The Morgan fingerprint density at radius 2 is 1.80 bits per heavy atom. The molecule has 0 atom stereocenters. The highest BCUT2D eigenvalue weighted by Gasteiger charge is 2.21. The van der Waals surface area contributed by atoms with E-state index in [-0.39, 0.29) is 11.7 Å². The lowest BCUT2D eigenvalue weighted by Gasteiger charge is -2.18. The molecule has 3 rings (SSSR count). The quantitative estimate of drug-likeness (QED) is 0.681. The number of carbonyl (C=O) groups excluding carboxylic acids is 1. The summed E-state index contributed by atoms with van der Waals surface area (Å²) in [5.41, 5.74) is 1.47. The fourth-order valence-electron chi connectivity index (χ4n) is 2.70. The van der Waals surface area contributed by atoms with Crippen molar-refractivity contribution in [3.8, 4) is 11.5 Å². The first-order valence-electron chi connectivity index (χ1n) is 7.65. The Kier molecular flexibility index (Phi) is 4.63. The van der Waals surface area contributed by atoms with Crippen LogP contribution in [0, 0.1) is 12.7 Å². The van der Waals surface area contributed by atoms with Gasteiger partial charge in [-0.15, -0.1) is 11.3 Å². The lowest BCUT2D eigenvalue weighted by molar-refractivity contribution is 0.0996. The number of halogens is 1.